The maximum Gasteiger partial charge on any atom is 0.119 e. The van der Waals surface area contributed by atoms with Crippen LogP contribution in [0.5, 0.6) is 5.75 Å². The third kappa shape index (κ3) is 3.61. The van der Waals surface area contributed by atoms with E-state index < -0.39 is 0 Å². The summed E-state index contributed by atoms with van der Waals surface area (Å²) in [5.74, 6) is 1.83. The number of rotatable bonds is 5. The standard InChI is InChI=1S/C25H25NO2/c1-3-28-23-17-20-11-7-8-12-24(20)25(19-9-5-4-6-10-19)26(18-23)21-13-15-22(27-2)16-14-21/h4-17,25H,3,18H2,1-2H3. The summed E-state index contributed by atoms with van der Waals surface area (Å²) in [6.45, 7) is 3.39. The van der Waals surface area contributed by atoms with Gasteiger partial charge in [0.15, 0.2) is 0 Å². The first-order valence-corrected chi connectivity index (χ1v) is 9.68. The molecule has 3 aromatic rings. The highest BCUT2D eigenvalue weighted by molar-refractivity contribution is 5.65. The van der Waals surface area contributed by atoms with E-state index in [4.69, 9.17) is 9.47 Å². The van der Waals surface area contributed by atoms with Crippen molar-refractivity contribution in [3.05, 3.63) is 101 Å². The van der Waals surface area contributed by atoms with Crippen LogP contribution in [0.25, 0.3) is 6.08 Å². The largest absolute Gasteiger partial charge is 0.497 e. The quantitative estimate of drug-likeness (QED) is 0.576. The van der Waals surface area contributed by atoms with Gasteiger partial charge in [-0.25, -0.2) is 0 Å². The number of hydrogen-bond acceptors (Lipinski definition) is 3. The van der Waals surface area contributed by atoms with Crippen molar-refractivity contribution in [2.75, 3.05) is 25.2 Å². The molecule has 3 aromatic carbocycles. The molecule has 1 aliphatic rings. The first kappa shape index (κ1) is 18.2. The fourth-order valence-electron chi connectivity index (χ4n) is 3.82. The van der Waals surface area contributed by atoms with Gasteiger partial charge in [-0.2, -0.15) is 0 Å². The number of nitrogens with zero attached hydrogens (tertiary/aromatic N) is 1. The lowest BCUT2D eigenvalue weighted by molar-refractivity contribution is 0.228. The van der Waals surface area contributed by atoms with Crippen LogP contribution in [0, 0.1) is 0 Å². The molecule has 1 aliphatic heterocycles. The van der Waals surface area contributed by atoms with Gasteiger partial charge in [0, 0.05) is 5.69 Å². The van der Waals surface area contributed by atoms with E-state index in [2.05, 4.69) is 77.7 Å². The summed E-state index contributed by atoms with van der Waals surface area (Å²) in [5, 5.41) is 0. The summed E-state index contributed by atoms with van der Waals surface area (Å²) in [7, 11) is 1.69. The number of hydrogen-bond donors (Lipinski definition) is 0. The van der Waals surface area contributed by atoms with Crippen molar-refractivity contribution in [3.63, 3.8) is 0 Å². The zero-order chi connectivity index (χ0) is 19.3. The Kier molecular flexibility index (Phi) is 5.34. The zero-order valence-corrected chi connectivity index (χ0v) is 16.3. The second-order valence-electron chi connectivity index (χ2n) is 6.81. The van der Waals surface area contributed by atoms with Gasteiger partial charge in [-0.1, -0.05) is 54.6 Å². The number of benzene rings is 3. The molecular weight excluding hydrogens is 346 g/mol. The average molecular weight is 371 g/mol. The van der Waals surface area contributed by atoms with Crippen molar-refractivity contribution in [2.24, 2.45) is 0 Å². The Labute approximate surface area is 166 Å². The summed E-state index contributed by atoms with van der Waals surface area (Å²) in [6.07, 6.45) is 2.18. The molecule has 0 radical (unpaired) electrons. The molecule has 28 heavy (non-hydrogen) atoms. The molecule has 3 heteroatoms. The maximum atomic E-state index is 6.00. The molecule has 4 rings (SSSR count). The number of methoxy groups -OCH3 is 1. The number of fused-ring (bicyclic) bond motifs is 1. The summed E-state index contributed by atoms with van der Waals surface area (Å²) in [6, 6.07) is 27.6. The molecule has 0 spiro atoms. The molecule has 0 N–H and O–H groups in total. The summed E-state index contributed by atoms with van der Waals surface area (Å²) >= 11 is 0. The molecule has 0 amide bonds. The first-order chi connectivity index (χ1) is 13.8. The molecule has 0 aromatic heterocycles. The monoisotopic (exact) mass is 371 g/mol. The Morgan fingerprint density at radius 2 is 1.61 bits per heavy atom. The van der Waals surface area contributed by atoms with Gasteiger partial charge in [-0.3, -0.25) is 0 Å². The van der Waals surface area contributed by atoms with E-state index in [9.17, 15) is 0 Å². The molecule has 0 aliphatic carbocycles. The first-order valence-electron chi connectivity index (χ1n) is 9.68. The SMILES string of the molecule is CCOC1=Cc2ccccc2C(c2ccccc2)N(c2ccc(OC)cc2)C1. The van der Waals surface area contributed by atoms with Gasteiger partial charge >= 0.3 is 0 Å². The average Bonchev–Trinajstić information content (AvgIpc) is 2.91. The molecule has 1 heterocycles. The highest BCUT2D eigenvalue weighted by Crippen LogP contribution is 2.38. The Morgan fingerprint density at radius 3 is 2.32 bits per heavy atom. The molecule has 1 unspecified atom stereocenters. The van der Waals surface area contributed by atoms with Crippen LogP contribution < -0.4 is 9.64 Å². The van der Waals surface area contributed by atoms with E-state index in [0.717, 1.165) is 17.2 Å². The minimum atomic E-state index is 0.0972. The smallest absolute Gasteiger partial charge is 0.119 e. The number of anilines is 1. The number of ether oxygens (including phenoxy) is 2. The van der Waals surface area contributed by atoms with Gasteiger partial charge in [-0.05, 0) is 54.0 Å². The molecule has 3 nitrogen and oxygen atoms in total. The van der Waals surface area contributed by atoms with Crippen LogP contribution in [-0.4, -0.2) is 20.3 Å². The van der Waals surface area contributed by atoms with Gasteiger partial charge in [0.1, 0.15) is 11.5 Å². The lowest BCUT2D eigenvalue weighted by Gasteiger charge is -2.34. The third-order valence-electron chi connectivity index (χ3n) is 5.09. The molecule has 1 atom stereocenters. The molecule has 0 fully saturated rings. The summed E-state index contributed by atoms with van der Waals surface area (Å²) in [4.78, 5) is 2.40. The van der Waals surface area contributed by atoms with E-state index >= 15 is 0 Å². The van der Waals surface area contributed by atoms with E-state index in [0.29, 0.717) is 13.2 Å². The van der Waals surface area contributed by atoms with Crippen molar-refractivity contribution in [1.29, 1.82) is 0 Å². The highest BCUT2D eigenvalue weighted by atomic mass is 16.5. The lowest BCUT2D eigenvalue weighted by atomic mass is 9.93. The van der Waals surface area contributed by atoms with Gasteiger partial charge in [0.05, 0.1) is 26.3 Å². The van der Waals surface area contributed by atoms with Crippen LogP contribution in [0.2, 0.25) is 0 Å². The predicted molar refractivity (Wildman–Crippen MR) is 115 cm³/mol. The van der Waals surface area contributed by atoms with Crippen molar-refractivity contribution in [2.45, 2.75) is 13.0 Å². The van der Waals surface area contributed by atoms with Crippen LogP contribution in [0.1, 0.15) is 29.7 Å². The minimum absolute atomic E-state index is 0.0972. The minimum Gasteiger partial charge on any atom is -0.497 e. The Balaban J connectivity index is 1.87. The topological polar surface area (TPSA) is 21.7 Å². The van der Waals surface area contributed by atoms with Gasteiger partial charge in [0.25, 0.3) is 0 Å². The highest BCUT2D eigenvalue weighted by Gasteiger charge is 2.28. The summed E-state index contributed by atoms with van der Waals surface area (Å²) < 4.78 is 11.3. The lowest BCUT2D eigenvalue weighted by Crippen LogP contribution is -2.31. The predicted octanol–water partition coefficient (Wildman–Crippen LogP) is 5.68. The van der Waals surface area contributed by atoms with Crippen molar-refractivity contribution >= 4 is 11.8 Å². The van der Waals surface area contributed by atoms with Gasteiger partial charge < -0.3 is 14.4 Å². The van der Waals surface area contributed by atoms with E-state index in [1.54, 1.807) is 7.11 Å². The van der Waals surface area contributed by atoms with E-state index in [1.807, 2.05) is 19.1 Å². The van der Waals surface area contributed by atoms with E-state index in [-0.39, 0.29) is 6.04 Å². The van der Waals surface area contributed by atoms with E-state index in [1.165, 1.54) is 16.7 Å². The molecular formula is C25H25NO2. The molecule has 0 saturated carbocycles. The van der Waals surface area contributed by atoms with Gasteiger partial charge in [-0.15, -0.1) is 0 Å². The third-order valence-corrected chi connectivity index (χ3v) is 5.09. The van der Waals surface area contributed by atoms with Gasteiger partial charge in [0.2, 0.25) is 0 Å². The van der Waals surface area contributed by atoms with Crippen LogP contribution in [-0.2, 0) is 4.74 Å². The molecule has 0 bridgehead atoms. The fraction of sp³-hybridized carbons (Fsp3) is 0.200. The maximum absolute atomic E-state index is 6.00. The fourth-order valence-corrected chi connectivity index (χ4v) is 3.82. The summed E-state index contributed by atoms with van der Waals surface area (Å²) in [5.41, 5.74) is 4.88. The van der Waals surface area contributed by atoms with Crippen LogP contribution in [0.4, 0.5) is 5.69 Å². The van der Waals surface area contributed by atoms with Crippen molar-refractivity contribution in [3.8, 4) is 5.75 Å². The van der Waals surface area contributed by atoms with Crippen molar-refractivity contribution in [1.82, 2.24) is 0 Å². The second kappa shape index (κ2) is 8.22. The zero-order valence-electron chi connectivity index (χ0n) is 16.3. The van der Waals surface area contributed by atoms with Crippen LogP contribution >= 0.6 is 0 Å². The Hall–Kier alpha value is -3.20. The Bertz CT molecular complexity index is 948. The normalized spacial score (nSPS) is 16.0. The Morgan fingerprint density at radius 1 is 0.893 bits per heavy atom. The molecule has 142 valence electrons. The second-order valence-corrected chi connectivity index (χ2v) is 6.81. The van der Waals surface area contributed by atoms with Crippen LogP contribution in [0.3, 0.4) is 0 Å². The van der Waals surface area contributed by atoms with Crippen molar-refractivity contribution < 1.29 is 9.47 Å². The molecule has 0 saturated heterocycles. The van der Waals surface area contributed by atoms with Crippen LogP contribution in [0.15, 0.2) is 84.6 Å².